The van der Waals surface area contributed by atoms with Crippen LogP contribution >= 0.6 is 0 Å². The Morgan fingerprint density at radius 2 is 1.73 bits per heavy atom. The van der Waals surface area contributed by atoms with Crippen LogP contribution in [0.15, 0.2) is 66.7 Å². The summed E-state index contributed by atoms with van der Waals surface area (Å²) >= 11 is 0. The van der Waals surface area contributed by atoms with Crippen molar-refractivity contribution in [3.05, 3.63) is 83.7 Å². The van der Waals surface area contributed by atoms with Crippen LogP contribution in [0.5, 0.6) is 5.75 Å². The summed E-state index contributed by atoms with van der Waals surface area (Å²) in [6.45, 7) is 2.08. The summed E-state index contributed by atoms with van der Waals surface area (Å²) in [6.07, 6.45) is 4.17. The molecule has 1 unspecified atom stereocenters. The zero-order valence-electron chi connectivity index (χ0n) is 16.9. The molecule has 0 aliphatic carbocycles. The van der Waals surface area contributed by atoms with Crippen molar-refractivity contribution in [1.82, 2.24) is 19.8 Å². The van der Waals surface area contributed by atoms with Gasteiger partial charge in [0.15, 0.2) is 11.5 Å². The van der Waals surface area contributed by atoms with E-state index in [2.05, 4.69) is 45.4 Å². The molecule has 6 nitrogen and oxygen atoms in total. The molecule has 6 heteroatoms. The number of benzene rings is 2. The zero-order chi connectivity index (χ0) is 20.3. The number of rotatable bonds is 6. The first-order valence-electron chi connectivity index (χ1n) is 10.5. The number of phenols is 1. The number of aromatic nitrogens is 4. The Balaban J connectivity index is 1.28. The second-order valence-corrected chi connectivity index (χ2v) is 8.05. The Hall–Kier alpha value is -3.41. The van der Waals surface area contributed by atoms with Gasteiger partial charge in [-0.1, -0.05) is 42.5 Å². The molecule has 1 fully saturated rings. The third-order valence-corrected chi connectivity index (χ3v) is 5.91. The molecule has 0 bridgehead atoms. The lowest BCUT2D eigenvalue weighted by Gasteiger charge is -2.17. The number of anilines is 1. The fourth-order valence-corrected chi connectivity index (χ4v) is 4.19. The molecule has 5 rings (SSSR count). The first-order valence-corrected chi connectivity index (χ1v) is 10.5. The molecule has 2 aromatic heterocycles. The maximum absolute atomic E-state index is 9.49. The zero-order valence-corrected chi connectivity index (χ0v) is 16.9. The Morgan fingerprint density at radius 3 is 2.57 bits per heavy atom. The van der Waals surface area contributed by atoms with Crippen molar-refractivity contribution < 1.29 is 5.11 Å². The first kappa shape index (κ1) is 18.6. The van der Waals surface area contributed by atoms with Crippen molar-refractivity contribution in [3.63, 3.8) is 0 Å². The minimum Gasteiger partial charge on any atom is -0.508 e. The van der Waals surface area contributed by atoms with Crippen molar-refractivity contribution >= 4 is 11.5 Å². The maximum atomic E-state index is 9.49. The quantitative estimate of drug-likeness (QED) is 0.533. The van der Waals surface area contributed by atoms with Crippen LogP contribution in [0, 0.1) is 5.92 Å². The van der Waals surface area contributed by atoms with E-state index in [1.54, 1.807) is 12.1 Å². The Morgan fingerprint density at radius 1 is 0.900 bits per heavy atom. The molecule has 1 N–H and O–H groups in total. The molecule has 1 saturated heterocycles. The molecule has 1 aliphatic rings. The van der Waals surface area contributed by atoms with Gasteiger partial charge in [-0.05, 0) is 60.6 Å². The third kappa shape index (κ3) is 3.99. The SMILES string of the molecule is Oc1ccc(Cc2nnc3ccc(N4CCC(CCc5ccccc5)C4)nn23)cc1. The van der Waals surface area contributed by atoms with E-state index < -0.39 is 0 Å². The standard InChI is InChI=1S/C24H25N5O/c30-21-10-8-19(9-11-21)16-24-26-25-22-12-13-23(27-29(22)24)28-15-14-20(17-28)7-6-18-4-2-1-3-5-18/h1-5,8-13,20,30H,6-7,14-17H2. The molecule has 0 amide bonds. The summed E-state index contributed by atoms with van der Waals surface area (Å²) < 4.78 is 1.85. The molecule has 1 atom stereocenters. The number of aromatic hydroxyl groups is 1. The van der Waals surface area contributed by atoms with Crippen molar-refractivity contribution in [3.8, 4) is 5.75 Å². The van der Waals surface area contributed by atoms with Gasteiger partial charge in [-0.3, -0.25) is 0 Å². The van der Waals surface area contributed by atoms with E-state index in [1.165, 1.54) is 18.4 Å². The van der Waals surface area contributed by atoms with Crippen molar-refractivity contribution in [2.45, 2.75) is 25.7 Å². The molecule has 152 valence electrons. The minimum atomic E-state index is 0.265. The van der Waals surface area contributed by atoms with Crippen LogP contribution in [0.1, 0.15) is 29.8 Å². The van der Waals surface area contributed by atoms with E-state index in [0.717, 1.165) is 42.4 Å². The average molecular weight is 399 g/mol. The van der Waals surface area contributed by atoms with Crippen molar-refractivity contribution in [2.75, 3.05) is 18.0 Å². The van der Waals surface area contributed by atoms with Crippen LogP contribution in [0.3, 0.4) is 0 Å². The van der Waals surface area contributed by atoms with E-state index >= 15 is 0 Å². The average Bonchev–Trinajstić information content (AvgIpc) is 3.42. The molecular weight excluding hydrogens is 374 g/mol. The minimum absolute atomic E-state index is 0.265. The largest absolute Gasteiger partial charge is 0.508 e. The molecule has 4 aromatic rings. The summed E-state index contributed by atoms with van der Waals surface area (Å²) in [7, 11) is 0. The number of phenolic OH excluding ortho intramolecular Hbond substituents is 1. The second-order valence-electron chi connectivity index (χ2n) is 8.05. The highest BCUT2D eigenvalue weighted by atomic mass is 16.3. The van der Waals surface area contributed by atoms with Gasteiger partial charge in [0.2, 0.25) is 0 Å². The van der Waals surface area contributed by atoms with Gasteiger partial charge >= 0.3 is 0 Å². The second kappa shape index (κ2) is 8.14. The molecular formula is C24H25N5O. The normalized spacial score (nSPS) is 16.4. The molecule has 1 aliphatic heterocycles. The predicted octanol–water partition coefficient (Wildman–Crippen LogP) is 3.88. The topological polar surface area (TPSA) is 66.6 Å². The smallest absolute Gasteiger partial charge is 0.178 e. The van der Waals surface area contributed by atoms with Crippen molar-refractivity contribution in [2.24, 2.45) is 5.92 Å². The van der Waals surface area contributed by atoms with Gasteiger partial charge < -0.3 is 10.0 Å². The van der Waals surface area contributed by atoms with Gasteiger partial charge in [-0.2, -0.15) is 4.52 Å². The molecule has 2 aromatic carbocycles. The van der Waals surface area contributed by atoms with Gasteiger partial charge in [0.05, 0.1) is 0 Å². The number of fused-ring (bicyclic) bond motifs is 1. The Labute approximate surface area is 175 Å². The van der Waals surface area contributed by atoms with E-state index in [4.69, 9.17) is 5.10 Å². The molecule has 0 radical (unpaired) electrons. The summed E-state index contributed by atoms with van der Waals surface area (Å²) in [5.41, 5.74) is 3.24. The van der Waals surface area contributed by atoms with Crippen molar-refractivity contribution in [1.29, 1.82) is 0 Å². The number of nitrogens with zero attached hydrogens (tertiary/aromatic N) is 5. The fraction of sp³-hybridized carbons (Fsp3) is 0.292. The van der Waals surface area contributed by atoms with Crippen LogP contribution < -0.4 is 4.90 Å². The number of hydrogen-bond donors (Lipinski definition) is 1. The van der Waals surface area contributed by atoms with Gasteiger partial charge in [0.1, 0.15) is 11.6 Å². The van der Waals surface area contributed by atoms with E-state index in [1.807, 2.05) is 28.8 Å². The molecule has 3 heterocycles. The summed E-state index contributed by atoms with van der Waals surface area (Å²) in [6, 6.07) is 22.0. The highest BCUT2D eigenvalue weighted by Gasteiger charge is 2.24. The van der Waals surface area contributed by atoms with E-state index in [0.29, 0.717) is 12.3 Å². The van der Waals surface area contributed by atoms with Crippen LogP contribution in [0.4, 0.5) is 5.82 Å². The Bertz CT molecular complexity index is 1120. The van der Waals surface area contributed by atoms with Crippen LogP contribution in [0.25, 0.3) is 5.65 Å². The van der Waals surface area contributed by atoms with Gasteiger partial charge in [-0.25, -0.2) is 0 Å². The summed E-state index contributed by atoms with van der Waals surface area (Å²) in [4.78, 5) is 2.37. The lowest BCUT2D eigenvalue weighted by molar-refractivity contribution is 0.475. The third-order valence-electron chi connectivity index (χ3n) is 5.91. The highest BCUT2D eigenvalue weighted by Crippen LogP contribution is 2.26. The monoisotopic (exact) mass is 399 g/mol. The lowest BCUT2D eigenvalue weighted by Crippen LogP contribution is -2.22. The maximum Gasteiger partial charge on any atom is 0.178 e. The number of aryl methyl sites for hydroxylation is 1. The van der Waals surface area contributed by atoms with Crippen LogP contribution in [-0.2, 0) is 12.8 Å². The van der Waals surface area contributed by atoms with Gasteiger partial charge in [-0.15, -0.1) is 15.3 Å². The van der Waals surface area contributed by atoms with Crippen LogP contribution in [-0.4, -0.2) is 38.0 Å². The fourth-order valence-electron chi connectivity index (χ4n) is 4.19. The van der Waals surface area contributed by atoms with Gasteiger partial charge in [0, 0.05) is 19.5 Å². The molecule has 0 saturated carbocycles. The van der Waals surface area contributed by atoms with E-state index in [-0.39, 0.29) is 5.75 Å². The van der Waals surface area contributed by atoms with Gasteiger partial charge in [0.25, 0.3) is 0 Å². The molecule has 0 spiro atoms. The summed E-state index contributed by atoms with van der Waals surface area (Å²) in [5, 5.41) is 22.9. The highest BCUT2D eigenvalue weighted by molar-refractivity contribution is 5.46. The molecule has 30 heavy (non-hydrogen) atoms. The summed E-state index contributed by atoms with van der Waals surface area (Å²) in [5.74, 6) is 2.75. The van der Waals surface area contributed by atoms with Crippen LogP contribution in [0.2, 0.25) is 0 Å². The lowest BCUT2D eigenvalue weighted by atomic mass is 9.99. The van der Waals surface area contributed by atoms with E-state index in [9.17, 15) is 5.11 Å². The predicted molar refractivity (Wildman–Crippen MR) is 117 cm³/mol. The first-order chi connectivity index (χ1) is 14.7. The Kier molecular flexibility index (Phi) is 5.05. The number of hydrogen-bond acceptors (Lipinski definition) is 5.